The Morgan fingerprint density at radius 3 is 2.66 bits per heavy atom. The third kappa shape index (κ3) is 4.62. The van der Waals surface area contributed by atoms with Crippen molar-refractivity contribution in [1.29, 1.82) is 5.26 Å². The van der Waals surface area contributed by atoms with Gasteiger partial charge in [0.05, 0.1) is 32.6 Å². The van der Waals surface area contributed by atoms with Gasteiger partial charge in [-0.05, 0) is 25.0 Å². The third-order valence-corrected chi connectivity index (χ3v) is 5.53. The smallest absolute Gasteiger partial charge is 0.228 e. The van der Waals surface area contributed by atoms with E-state index in [1.165, 1.54) is 0 Å². The number of rotatable bonds is 7. The Labute approximate surface area is 170 Å². The van der Waals surface area contributed by atoms with Crippen LogP contribution in [0, 0.1) is 17.2 Å². The van der Waals surface area contributed by atoms with Crippen molar-refractivity contribution in [2.75, 3.05) is 45.4 Å². The van der Waals surface area contributed by atoms with Crippen LogP contribution in [0.4, 0.5) is 5.69 Å². The molecule has 0 radical (unpaired) electrons. The van der Waals surface area contributed by atoms with Gasteiger partial charge in [-0.15, -0.1) is 0 Å². The summed E-state index contributed by atoms with van der Waals surface area (Å²) in [6.45, 7) is 1.94. The molecule has 0 aliphatic carbocycles. The van der Waals surface area contributed by atoms with Crippen LogP contribution in [0.1, 0.15) is 25.7 Å². The molecule has 1 atom stereocenters. The monoisotopic (exact) mass is 401 g/mol. The lowest BCUT2D eigenvalue weighted by Crippen LogP contribution is -2.47. The molecule has 0 saturated carbocycles. The molecule has 0 aromatic heterocycles. The maximum absolute atomic E-state index is 13.2. The highest BCUT2D eigenvalue weighted by molar-refractivity contribution is 6.00. The molecule has 0 bridgehead atoms. The predicted molar refractivity (Wildman–Crippen MR) is 106 cm³/mol. The summed E-state index contributed by atoms with van der Waals surface area (Å²) >= 11 is 0. The van der Waals surface area contributed by atoms with Crippen LogP contribution in [-0.4, -0.2) is 63.3 Å². The van der Waals surface area contributed by atoms with Gasteiger partial charge in [0, 0.05) is 50.5 Å². The first kappa shape index (κ1) is 20.9. The van der Waals surface area contributed by atoms with E-state index in [4.69, 9.17) is 19.5 Å². The number of nitrogens with zero attached hydrogens (tertiary/aromatic N) is 3. The molecule has 3 rings (SSSR count). The van der Waals surface area contributed by atoms with Crippen molar-refractivity contribution in [1.82, 2.24) is 4.90 Å². The molecular weight excluding hydrogens is 374 g/mol. The first-order valence-corrected chi connectivity index (χ1v) is 9.86. The van der Waals surface area contributed by atoms with Gasteiger partial charge in [0.15, 0.2) is 11.5 Å². The summed E-state index contributed by atoms with van der Waals surface area (Å²) in [6.07, 6.45) is 1.97. The van der Waals surface area contributed by atoms with Crippen LogP contribution in [0.15, 0.2) is 18.2 Å². The molecule has 1 aromatic rings. The van der Waals surface area contributed by atoms with E-state index in [0.717, 1.165) is 12.8 Å². The second-order valence-electron chi connectivity index (χ2n) is 7.23. The normalized spacial score (nSPS) is 19.7. The van der Waals surface area contributed by atoms with Gasteiger partial charge in [-0.25, -0.2) is 0 Å². The molecule has 1 aromatic carbocycles. The number of ether oxygens (including phenoxy) is 3. The van der Waals surface area contributed by atoms with Gasteiger partial charge in [0.1, 0.15) is 0 Å². The molecule has 0 spiro atoms. The quantitative estimate of drug-likeness (QED) is 0.694. The van der Waals surface area contributed by atoms with E-state index in [-0.39, 0.29) is 30.7 Å². The Bertz CT molecular complexity index is 785. The lowest BCUT2D eigenvalue weighted by atomic mass is 10.0. The number of carbonyl (C=O) groups excluding carboxylic acids is 2. The zero-order valence-corrected chi connectivity index (χ0v) is 16.9. The van der Waals surface area contributed by atoms with Gasteiger partial charge in [-0.3, -0.25) is 9.59 Å². The van der Waals surface area contributed by atoms with E-state index in [1.807, 2.05) is 0 Å². The van der Waals surface area contributed by atoms with Crippen LogP contribution in [0.2, 0.25) is 0 Å². The van der Waals surface area contributed by atoms with Crippen molar-refractivity contribution >= 4 is 17.5 Å². The summed E-state index contributed by atoms with van der Waals surface area (Å²) in [4.78, 5) is 29.3. The summed E-state index contributed by atoms with van der Waals surface area (Å²) in [5.41, 5.74) is 0.678. The molecule has 156 valence electrons. The second kappa shape index (κ2) is 9.61. The minimum atomic E-state index is -0.419. The Morgan fingerprint density at radius 2 is 2.00 bits per heavy atom. The molecule has 0 N–H and O–H groups in total. The minimum absolute atomic E-state index is 0.0523. The molecule has 2 fully saturated rings. The fraction of sp³-hybridized carbons (Fsp3) is 0.571. The molecule has 2 heterocycles. The lowest BCUT2D eigenvalue weighted by Gasteiger charge is -2.35. The fourth-order valence-corrected chi connectivity index (χ4v) is 3.99. The van der Waals surface area contributed by atoms with Crippen molar-refractivity contribution in [3.05, 3.63) is 18.2 Å². The van der Waals surface area contributed by atoms with Crippen LogP contribution >= 0.6 is 0 Å². The molecule has 29 heavy (non-hydrogen) atoms. The van der Waals surface area contributed by atoms with Crippen molar-refractivity contribution < 1.29 is 23.8 Å². The fourth-order valence-electron chi connectivity index (χ4n) is 3.99. The van der Waals surface area contributed by atoms with Gasteiger partial charge in [-0.2, -0.15) is 5.26 Å². The highest BCUT2D eigenvalue weighted by Gasteiger charge is 2.39. The van der Waals surface area contributed by atoms with Crippen molar-refractivity contribution in [2.24, 2.45) is 5.92 Å². The standard InChI is InChI=1S/C21H27N3O5/c1-27-18-5-4-17(13-19(18)28-2)24-14-15(12-20(24)25)21(26)23(9-3-8-22)16-6-10-29-11-7-16/h4-5,13,15-16H,3,6-7,9-12,14H2,1-2H3. The summed E-state index contributed by atoms with van der Waals surface area (Å²) in [6, 6.07) is 7.47. The maximum atomic E-state index is 13.2. The summed E-state index contributed by atoms with van der Waals surface area (Å²) in [5.74, 6) is 0.548. The van der Waals surface area contributed by atoms with Gasteiger partial charge < -0.3 is 24.0 Å². The van der Waals surface area contributed by atoms with Crippen molar-refractivity contribution in [3.63, 3.8) is 0 Å². The summed E-state index contributed by atoms with van der Waals surface area (Å²) < 4.78 is 16.0. The van der Waals surface area contributed by atoms with Gasteiger partial charge in [0.2, 0.25) is 11.8 Å². The van der Waals surface area contributed by atoms with Crippen LogP contribution in [0.3, 0.4) is 0 Å². The Hall–Kier alpha value is -2.79. The molecular formula is C21H27N3O5. The first-order valence-electron chi connectivity index (χ1n) is 9.86. The molecule has 1 unspecified atom stereocenters. The molecule has 2 amide bonds. The molecule has 2 saturated heterocycles. The van der Waals surface area contributed by atoms with Crippen LogP contribution < -0.4 is 14.4 Å². The average molecular weight is 401 g/mol. The zero-order chi connectivity index (χ0) is 20.8. The summed E-state index contributed by atoms with van der Waals surface area (Å²) in [7, 11) is 3.10. The number of methoxy groups -OCH3 is 2. The largest absolute Gasteiger partial charge is 0.493 e. The van der Waals surface area contributed by atoms with Crippen LogP contribution in [0.25, 0.3) is 0 Å². The second-order valence-corrected chi connectivity index (χ2v) is 7.23. The molecule has 2 aliphatic heterocycles. The Morgan fingerprint density at radius 1 is 1.28 bits per heavy atom. The van der Waals surface area contributed by atoms with Crippen molar-refractivity contribution in [2.45, 2.75) is 31.7 Å². The molecule has 8 heteroatoms. The highest BCUT2D eigenvalue weighted by atomic mass is 16.5. The van der Waals surface area contributed by atoms with Gasteiger partial charge in [0.25, 0.3) is 0 Å². The minimum Gasteiger partial charge on any atom is -0.493 e. The van der Waals surface area contributed by atoms with E-state index in [1.54, 1.807) is 42.2 Å². The predicted octanol–water partition coefficient (Wildman–Crippen LogP) is 1.98. The Balaban J connectivity index is 1.75. The van der Waals surface area contributed by atoms with E-state index in [2.05, 4.69) is 6.07 Å². The lowest BCUT2D eigenvalue weighted by molar-refractivity contribution is -0.139. The first-order chi connectivity index (χ1) is 14.1. The van der Waals surface area contributed by atoms with E-state index in [0.29, 0.717) is 43.5 Å². The van der Waals surface area contributed by atoms with Crippen LogP contribution in [-0.2, 0) is 14.3 Å². The number of anilines is 1. The Kier molecular flexibility index (Phi) is 6.94. The van der Waals surface area contributed by atoms with Gasteiger partial charge >= 0.3 is 0 Å². The SMILES string of the molecule is COc1ccc(N2CC(C(=O)N(CCC#N)C3CCOCC3)CC2=O)cc1OC. The summed E-state index contributed by atoms with van der Waals surface area (Å²) in [5, 5.41) is 8.99. The number of nitriles is 1. The molecule has 2 aliphatic rings. The average Bonchev–Trinajstić information content (AvgIpc) is 3.15. The number of amides is 2. The van der Waals surface area contributed by atoms with Crippen LogP contribution in [0.5, 0.6) is 11.5 Å². The van der Waals surface area contributed by atoms with E-state index in [9.17, 15) is 9.59 Å². The number of hydrogen-bond acceptors (Lipinski definition) is 6. The molecule has 8 nitrogen and oxygen atoms in total. The topological polar surface area (TPSA) is 92.1 Å². The van der Waals surface area contributed by atoms with E-state index >= 15 is 0 Å². The number of carbonyl (C=O) groups is 2. The number of hydrogen-bond donors (Lipinski definition) is 0. The maximum Gasteiger partial charge on any atom is 0.228 e. The van der Waals surface area contributed by atoms with Gasteiger partial charge in [-0.1, -0.05) is 0 Å². The highest BCUT2D eigenvalue weighted by Crippen LogP contribution is 2.34. The third-order valence-electron chi connectivity index (χ3n) is 5.53. The van der Waals surface area contributed by atoms with Crippen molar-refractivity contribution in [3.8, 4) is 17.6 Å². The zero-order valence-electron chi connectivity index (χ0n) is 16.9. The number of benzene rings is 1. The van der Waals surface area contributed by atoms with E-state index < -0.39 is 5.92 Å².